The van der Waals surface area contributed by atoms with Crippen LogP contribution in [-0.4, -0.2) is 31.3 Å². The van der Waals surface area contributed by atoms with Gasteiger partial charge in [0.15, 0.2) is 0 Å². The van der Waals surface area contributed by atoms with E-state index in [4.69, 9.17) is 15.2 Å². The molecule has 0 aromatic heterocycles. The lowest BCUT2D eigenvalue weighted by Gasteiger charge is -2.28. The largest absolute Gasteiger partial charge is 0.465 e. The third kappa shape index (κ3) is 5.95. The highest BCUT2D eigenvalue weighted by molar-refractivity contribution is 5.81. The van der Waals surface area contributed by atoms with E-state index in [1.165, 1.54) is 25.7 Å². The summed E-state index contributed by atoms with van der Waals surface area (Å²) < 4.78 is 10.8. The number of nitrogens with two attached hydrogens (primary N) is 1. The van der Waals surface area contributed by atoms with Crippen LogP contribution in [-0.2, 0) is 14.3 Å². The van der Waals surface area contributed by atoms with Crippen molar-refractivity contribution in [2.45, 2.75) is 77.2 Å². The Labute approximate surface area is 129 Å². The Bertz CT molecular complexity index is 296. The molecule has 0 amide bonds. The lowest BCUT2D eigenvalue weighted by Crippen LogP contribution is -2.52. The molecular weight excluding hydrogens is 266 g/mol. The van der Waals surface area contributed by atoms with Gasteiger partial charge in [-0.15, -0.1) is 0 Å². The van der Waals surface area contributed by atoms with Crippen LogP contribution in [0.25, 0.3) is 0 Å². The zero-order valence-corrected chi connectivity index (χ0v) is 13.9. The van der Waals surface area contributed by atoms with Crippen LogP contribution in [0.3, 0.4) is 0 Å². The van der Waals surface area contributed by atoms with Gasteiger partial charge < -0.3 is 15.2 Å². The van der Waals surface area contributed by atoms with E-state index in [2.05, 4.69) is 6.92 Å². The average molecular weight is 299 g/mol. The van der Waals surface area contributed by atoms with E-state index < -0.39 is 5.54 Å². The lowest BCUT2D eigenvalue weighted by molar-refractivity contribution is -0.151. The van der Waals surface area contributed by atoms with Gasteiger partial charge in [0, 0.05) is 13.2 Å². The number of hydrogen-bond acceptors (Lipinski definition) is 4. The molecule has 1 fully saturated rings. The van der Waals surface area contributed by atoms with Gasteiger partial charge in [-0.25, -0.2) is 0 Å². The van der Waals surface area contributed by atoms with Crippen molar-refractivity contribution in [3.63, 3.8) is 0 Å². The van der Waals surface area contributed by atoms with Crippen molar-refractivity contribution in [2.24, 2.45) is 11.7 Å². The van der Waals surface area contributed by atoms with E-state index >= 15 is 0 Å². The summed E-state index contributed by atoms with van der Waals surface area (Å²) >= 11 is 0. The third-order valence-corrected chi connectivity index (χ3v) is 4.53. The highest BCUT2D eigenvalue weighted by Crippen LogP contribution is 2.37. The Morgan fingerprint density at radius 2 is 1.95 bits per heavy atom. The Balaban J connectivity index is 2.17. The van der Waals surface area contributed by atoms with Crippen molar-refractivity contribution in [2.75, 3.05) is 19.8 Å². The van der Waals surface area contributed by atoms with Crippen molar-refractivity contribution in [1.82, 2.24) is 0 Å². The zero-order chi connectivity index (χ0) is 15.6. The van der Waals surface area contributed by atoms with E-state index in [1.807, 2.05) is 6.92 Å². The SMILES string of the molecule is CCCCCCCOCCC1CCCC1(N)C(=O)OCC. The van der Waals surface area contributed by atoms with Gasteiger partial charge in [0.05, 0.1) is 6.61 Å². The van der Waals surface area contributed by atoms with E-state index in [0.717, 1.165) is 38.7 Å². The van der Waals surface area contributed by atoms with Gasteiger partial charge in [-0.05, 0) is 38.5 Å². The van der Waals surface area contributed by atoms with Crippen molar-refractivity contribution in [1.29, 1.82) is 0 Å². The number of hydrogen-bond donors (Lipinski definition) is 1. The Kier molecular flexibility index (Phi) is 8.93. The van der Waals surface area contributed by atoms with Gasteiger partial charge in [-0.1, -0.05) is 39.0 Å². The lowest BCUT2D eigenvalue weighted by atomic mass is 9.86. The molecule has 1 aliphatic rings. The van der Waals surface area contributed by atoms with Crippen LogP contribution >= 0.6 is 0 Å². The van der Waals surface area contributed by atoms with Crippen LogP contribution in [0.4, 0.5) is 0 Å². The maximum atomic E-state index is 12.0. The predicted molar refractivity (Wildman–Crippen MR) is 85.1 cm³/mol. The molecule has 4 nitrogen and oxygen atoms in total. The molecule has 2 unspecified atom stereocenters. The quantitative estimate of drug-likeness (QED) is 0.469. The summed E-state index contributed by atoms with van der Waals surface area (Å²) in [6.45, 7) is 5.98. The minimum Gasteiger partial charge on any atom is -0.465 e. The first kappa shape index (κ1) is 18.4. The van der Waals surface area contributed by atoms with Gasteiger partial charge in [0.2, 0.25) is 0 Å². The second-order valence-corrected chi connectivity index (χ2v) is 6.17. The summed E-state index contributed by atoms with van der Waals surface area (Å²) in [7, 11) is 0. The summed E-state index contributed by atoms with van der Waals surface area (Å²) in [6.07, 6.45) is 9.91. The molecule has 1 aliphatic carbocycles. The van der Waals surface area contributed by atoms with E-state index in [-0.39, 0.29) is 11.9 Å². The molecule has 21 heavy (non-hydrogen) atoms. The van der Waals surface area contributed by atoms with E-state index in [0.29, 0.717) is 13.2 Å². The van der Waals surface area contributed by atoms with Crippen LogP contribution < -0.4 is 5.73 Å². The Morgan fingerprint density at radius 1 is 1.19 bits per heavy atom. The smallest absolute Gasteiger partial charge is 0.326 e. The molecule has 0 aromatic carbocycles. The Morgan fingerprint density at radius 3 is 2.67 bits per heavy atom. The highest BCUT2D eigenvalue weighted by atomic mass is 16.5. The summed E-state index contributed by atoms with van der Waals surface area (Å²) in [6, 6.07) is 0. The fraction of sp³-hybridized carbons (Fsp3) is 0.941. The molecule has 0 saturated heterocycles. The maximum absolute atomic E-state index is 12.0. The minimum absolute atomic E-state index is 0.205. The predicted octanol–water partition coefficient (Wildman–Crippen LogP) is 3.42. The number of carbonyl (C=O) groups excluding carboxylic acids is 1. The average Bonchev–Trinajstić information content (AvgIpc) is 2.85. The fourth-order valence-electron chi connectivity index (χ4n) is 3.17. The summed E-state index contributed by atoms with van der Waals surface area (Å²) in [4.78, 5) is 12.0. The monoisotopic (exact) mass is 299 g/mol. The fourth-order valence-corrected chi connectivity index (χ4v) is 3.17. The topological polar surface area (TPSA) is 61.5 Å². The number of carbonyl (C=O) groups is 1. The van der Waals surface area contributed by atoms with Gasteiger partial charge >= 0.3 is 5.97 Å². The van der Waals surface area contributed by atoms with Crippen molar-refractivity contribution in [3.05, 3.63) is 0 Å². The first-order chi connectivity index (χ1) is 10.1. The van der Waals surface area contributed by atoms with Gasteiger partial charge in [-0.3, -0.25) is 4.79 Å². The van der Waals surface area contributed by atoms with E-state index in [9.17, 15) is 4.79 Å². The van der Waals surface area contributed by atoms with Gasteiger partial charge in [-0.2, -0.15) is 0 Å². The van der Waals surface area contributed by atoms with Crippen LogP contribution in [0.1, 0.15) is 71.6 Å². The normalized spacial score (nSPS) is 25.2. The van der Waals surface area contributed by atoms with Crippen LogP contribution in [0, 0.1) is 5.92 Å². The number of unbranched alkanes of at least 4 members (excludes halogenated alkanes) is 4. The molecule has 4 heteroatoms. The summed E-state index contributed by atoms with van der Waals surface area (Å²) in [5.74, 6) is -0.0243. The summed E-state index contributed by atoms with van der Waals surface area (Å²) in [5.41, 5.74) is 5.52. The van der Waals surface area contributed by atoms with Crippen LogP contribution in [0.2, 0.25) is 0 Å². The van der Waals surface area contributed by atoms with Gasteiger partial charge in [0.25, 0.3) is 0 Å². The number of esters is 1. The standard InChI is InChI=1S/C17H33NO3/c1-3-5-6-7-8-13-20-14-11-15-10-9-12-17(15,18)16(19)21-4-2/h15H,3-14,18H2,1-2H3. The first-order valence-corrected chi connectivity index (χ1v) is 8.69. The first-order valence-electron chi connectivity index (χ1n) is 8.69. The summed E-state index contributed by atoms with van der Waals surface area (Å²) in [5, 5.41) is 0. The molecule has 124 valence electrons. The van der Waals surface area contributed by atoms with Crippen molar-refractivity contribution < 1.29 is 14.3 Å². The molecule has 0 aromatic rings. The van der Waals surface area contributed by atoms with Crippen LogP contribution in [0.15, 0.2) is 0 Å². The minimum atomic E-state index is -0.777. The van der Waals surface area contributed by atoms with Crippen molar-refractivity contribution in [3.8, 4) is 0 Å². The molecular formula is C17H33NO3. The molecule has 0 heterocycles. The molecule has 0 aliphatic heterocycles. The van der Waals surface area contributed by atoms with Crippen molar-refractivity contribution >= 4 is 5.97 Å². The zero-order valence-electron chi connectivity index (χ0n) is 13.9. The van der Waals surface area contributed by atoms with Crippen LogP contribution in [0.5, 0.6) is 0 Å². The highest BCUT2D eigenvalue weighted by Gasteiger charge is 2.46. The molecule has 1 saturated carbocycles. The number of ether oxygens (including phenoxy) is 2. The second kappa shape index (κ2) is 10.2. The van der Waals surface area contributed by atoms with E-state index in [1.54, 1.807) is 0 Å². The molecule has 0 spiro atoms. The molecule has 2 N–H and O–H groups in total. The third-order valence-electron chi connectivity index (χ3n) is 4.53. The molecule has 0 radical (unpaired) electrons. The molecule has 2 atom stereocenters. The van der Waals surface area contributed by atoms with Gasteiger partial charge in [0.1, 0.15) is 5.54 Å². The molecule has 0 bridgehead atoms. The number of rotatable bonds is 11. The molecule has 1 rings (SSSR count). The maximum Gasteiger partial charge on any atom is 0.326 e. The second-order valence-electron chi connectivity index (χ2n) is 6.17. The Hall–Kier alpha value is -0.610.